The first-order valence-corrected chi connectivity index (χ1v) is 5.49. The van der Waals surface area contributed by atoms with Crippen LogP contribution in [0, 0.1) is 0 Å². The van der Waals surface area contributed by atoms with Crippen molar-refractivity contribution in [3.63, 3.8) is 0 Å². The minimum Gasteiger partial charge on any atom is -0.387 e. The van der Waals surface area contributed by atoms with Crippen molar-refractivity contribution in [2.45, 2.75) is 18.4 Å². The fraction of sp³-hybridized carbons (Fsp3) is 0.333. The molecule has 0 atom stereocenters. The largest absolute Gasteiger partial charge is 0.574 e. The van der Waals surface area contributed by atoms with E-state index in [1.165, 1.54) is 0 Å². The molecule has 0 spiro atoms. The van der Waals surface area contributed by atoms with E-state index in [9.17, 15) is 31.1 Å². The predicted molar refractivity (Wildman–Crippen MR) is 55.7 cm³/mol. The summed E-state index contributed by atoms with van der Waals surface area (Å²) in [6, 6.07) is 0.325. The lowest BCUT2D eigenvalue weighted by Gasteiger charge is -2.15. The molecular weight excluding hydrogens is 339 g/mol. The van der Waals surface area contributed by atoms with Gasteiger partial charge in [0.1, 0.15) is 11.3 Å². The molecule has 1 aromatic heterocycles. The molecule has 0 unspecified atom stereocenters. The average Bonchev–Trinajstić information content (AvgIpc) is 2.23. The Morgan fingerprint density at radius 1 is 1.25 bits per heavy atom. The van der Waals surface area contributed by atoms with Crippen LogP contribution in [0.5, 0.6) is 5.88 Å². The van der Waals surface area contributed by atoms with E-state index in [-0.39, 0.29) is 0 Å². The molecule has 0 aliphatic carbocycles. The number of carbonyl (C=O) groups excluding carboxylic acids is 1. The van der Waals surface area contributed by atoms with Gasteiger partial charge < -0.3 is 4.74 Å². The zero-order valence-corrected chi connectivity index (χ0v) is 10.6. The van der Waals surface area contributed by atoms with Gasteiger partial charge in [0, 0.05) is 5.88 Å². The highest BCUT2D eigenvalue weighted by atomic mass is 35.5. The maximum Gasteiger partial charge on any atom is 0.574 e. The van der Waals surface area contributed by atoms with E-state index >= 15 is 0 Å². The molecule has 1 rings (SSSR count). The van der Waals surface area contributed by atoms with Gasteiger partial charge >= 0.3 is 12.5 Å². The third-order valence-corrected chi connectivity index (χ3v) is 2.39. The highest BCUT2D eigenvalue weighted by molar-refractivity contribution is 6.68. The molecule has 3 nitrogen and oxygen atoms in total. The molecule has 1 heterocycles. The van der Waals surface area contributed by atoms with Crippen LogP contribution in [-0.2, 0) is 12.1 Å². The van der Waals surface area contributed by atoms with E-state index in [0.29, 0.717) is 6.07 Å². The molecule has 0 aliphatic heterocycles. The number of rotatable bonds is 3. The molecule has 11 heteroatoms. The molecule has 0 fully saturated rings. The first-order chi connectivity index (χ1) is 8.95. The summed E-state index contributed by atoms with van der Waals surface area (Å²) in [4.78, 5) is 13.7. The third-order valence-electron chi connectivity index (χ3n) is 1.91. The number of aromatic nitrogens is 1. The Morgan fingerprint density at radius 2 is 1.80 bits per heavy atom. The summed E-state index contributed by atoms with van der Waals surface area (Å²) in [7, 11) is 0. The standard InChI is InChI=1S/C9H3Cl2F6NO2/c10-2-3-1-4(8(12,13)14)18-7(5(3)6(11)19)20-9(15,16)17/h1H,2H2. The number of hydrogen-bond donors (Lipinski definition) is 0. The Morgan fingerprint density at radius 3 is 2.15 bits per heavy atom. The van der Waals surface area contributed by atoms with Gasteiger partial charge in [-0.1, -0.05) is 0 Å². The summed E-state index contributed by atoms with van der Waals surface area (Å²) < 4.78 is 77.1. The van der Waals surface area contributed by atoms with Gasteiger partial charge in [-0.15, -0.1) is 24.8 Å². The van der Waals surface area contributed by atoms with Crippen molar-refractivity contribution in [2.75, 3.05) is 0 Å². The van der Waals surface area contributed by atoms with E-state index in [1.54, 1.807) is 0 Å². The van der Waals surface area contributed by atoms with Crippen molar-refractivity contribution in [1.82, 2.24) is 4.98 Å². The van der Waals surface area contributed by atoms with Crippen molar-refractivity contribution in [3.8, 4) is 5.88 Å². The number of hydrogen-bond acceptors (Lipinski definition) is 3. The number of nitrogens with zero attached hydrogens (tertiary/aromatic N) is 1. The van der Waals surface area contributed by atoms with Gasteiger partial charge in [-0.05, 0) is 23.2 Å². The number of pyridine rings is 1. The molecule has 0 saturated heterocycles. The highest BCUT2D eigenvalue weighted by Crippen LogP contribution is 2.35. The Hall–Kier alpha value is -1.22. The van der Waals surface area contributed by atoms with Crippen molar-refractivity contribution < 1.29 is 35.9 Å². The Bertz CT molecular complexity index is 528. The van der Waals surface area contributed by atoms with Crippen molar-refractivity contribution in [2.24, 2.45) is 0 Å². The number of alkyl halides is 7. The smallest absolute Gasteiger partial charge is 0.387 e. The van der Waals surface area contributed by atoms with Crippen LogP contribution in [0.25, 0.3) is 0 Å². The van der Waals surface area contributed by atoms with E-state index in [4.69, 9.17) is 23.2 Å². The number of carbonyl (C=O) groups is 1. The summed E-state index contributed by atoms with van der Waals surface area (Å²) in [6.07, 6.45) is -10.4. The lowest BCUT2D eigenvalue weighted by Crippen LogP contribution is -2.22. The van der Waals surface area contributed by atoms with E-state index < -0.39 is 46.4 Å². The van der Waals surface area contributed by atoms with Gasteiger partial charge in [0.15, 0.2) is 0 Å². The Labute approximate surface area is 117 Å². The molecule has 0 radical (unpaired) electrons. The molecule has 0 saturated carbocycles. The minimum atomic E-state index is -5.35. The molecule has 0 aliphatic rings. The summed E-state index contributed by atoms with van der Waals surface area (Å²) in [5, 5.41) is -1.47. The number of halogens is 8. The highest BCUT2D eigenvalue weighted by Gasteiger charge is 2.39. The normalized spacial score (nSPS) is 12.4. The summed E-state index contributed by atoms with van der Waals surface area (Å²) in [5.74, 6) is -2.28. The van der Waals surface area contributed by atoms with Crippen LogP contribution in [-0.4, -0.2) is 16.6 Å². The van der Waals surface area contributed by atoms with E-state index in [1.807, 2.05) is 0 Å². The Kier molecular flexibility index (Phi) is 4.75. The maximum atomic E-state index is 12.5. The monoisotopic (exact) mass is 341 g/mol. The number of ether oxygens (including phenoxy) is 1. The van der Waals surface area contributed by atoms with E-state index in [0.717, 1.165) is 0 Å². The van der Waals surface area contributed by atoms with Crippen LogP contribution in [0.2, 0.25) is 0 Å². The zero-order chi connectivity index (χ0) is 15.7. The van der Waals surface area contributed by atoms with Crippen LogP contribution in [0.15, 0.2) is 6.07 Å². The molecule has 0 bridgehead atoms. The van der Waals surface area contributed by atoms with Gasteiger partial charge in [-0.25, -0.2) is 4.98 Å². The summed E-state index contributed by atoms with van der Waals surface area (Å²) in [5.41, 5.74) is -3.23. The van der Waals surface area contributed by atoms with Crippen molar-refractivity contribution >= 4 is 28.4 Å². The van der Waals surface area contributed by atoms with E-state index in [2.05, 4.69) is 9.72 Å². The first-order valence-electron chi connectivity index (χ1n) is 4.58. The molecule has 0 aromatic carbocycles. The summed E-state index contributed by atoms with van der Waals surface area (Å²) >= 11 is 10.3. The van der Waals surface area contributed by atoms with Crippen LogP contribution in [0.3, 0.4) is 0 Å². The van der Waals surface area contributed by atoms with Crippen LogP contribution in [0.4, 0.5) is 26.3 Å². The first kappa shape index (κ1) is 16.8. The van der Waals surface area contributed by atoms with Crippen molar-refractivity contribution in [1.29, 1.82) is 0 Å². The van der Waals surface area contributed by atoms with Crippen molar-refractivity contribution in [3.05, 3.63) is 22.9 Å². The van der Waals surface area contributed by atoms with Gasteiger partial charge in [-0.3, -0.25) is 4.79 Å². The minimum absolute atomic E-state index is 0.325. The fourth-order valence-corrected chi connectivity index (χ4v) is 1.63. The molecule has 0 N–H and O–H groups in total. The van der Waals surface area contributed by atoms with Gasteiger partial charge in [0.2, 0.25) is 5.88 Å². The van der Waals surface area contributed by atoms with Crippen LogP contribution < -0.4 is 4.74 Å². The van der Waals surface area contributed by atoms with Crippen LogP contribution in [0.1, 0.15) is 21.6 Å². The Balaban J connectivity index is 3.54. The lowest BCUT2D eigenvalue weighted by atomic mass is 10.1. The molecule has 0 amide bonds. The quantitative estimate of drug-likeness (QED) is 0.471. The van der Waals surface area contributed by atoms with Gasteiger partial charge in [0.05, 0.1) is 0 Å². The second-order valence-corrected chi connectivity index (χ2v) is 3.91. The maximum absolute atomic E-state index is 12.5. The molecular formula is C9H3Cl2F6NO2. The predicted octanol–water partition coefficient (Wildman–Crippen LogP) is 4.12. The molecule has 20 heavy (non-hydrogen) atoms. The van der Waals surface area contributed by atoms with Gasteiger partial charge in [0.25, 0.3) is 5.24 Å². The third kappa shape index (κ3) is 4.14. The van der Waals surface area contributed by atoms with Gasteiger partial charge in [-0.2, -0.15) is 13.2 Å². The average molecular weight is 342 g/mol. The lowest BCUT2D eigenvalue weighted by molar-refractivity contribution is -0.276. The summed E-state index contributed by atoms with van der Waals surface area (Å²) in [6.45, 7) is 0. The fourth-order valence-electron chi connectivity index (χ4n) is 1.22. The molecule has 112 valence electrons. The SMILES string of the molecule is O=C(Cl)c1c(CCl)cc(C(F)(F)F)nc1OC(F)(F)F. The second kappa shape index (κ2) is 5.65. The second-order valence-electron chi connectivity index (χ2n) is 3.30. The molecule has 1 aromatic rings. The topological polar surface area (TPSA) is 39.2 Å². The zero-order valence-electron chi connectivity index (χ0n) is 9.07. The van der Waals surface area contributed by atoms with Crippen LogP contribution >= 0.6 is 23.2 Å².